The van der Waals surface area contributed by atoms with Crippen molar-refractivity contribution in [2.45, 2.75) is 45.3 Å². The van der Waals surface area contributed by atoms with Crippen molar-refractivity contribution in [1.29, 1.82) is 0 Å². The van der Waals surface area contributed by atoms with Crippen LogP contribution in [0.4, 0.5) is 0 Å². The Morgan fingerprint density at radius 2 is 1.81 bits per heavy atom. The van der Waals surface area contributed by atoms with Gasteiger partial charge in [-0.3, -0.25) is 9.59 Å². The molecule has 2 amide bonds. The number of benzene rings is 2. The second-order valence-corrected chi connectivity index (χ2v) is 7.14. The molecule has 2 aromatic carbocycles. The number of carbonyl (C=O) groups is 2. The Balaban J connectivity index is 1.49. The number of hydrogen-bond acceptors (Lipinski definition) is 3. The summed E-state index contributed by atoms with van der Waals surface area (Å²) < 4.78 is 0. The number of hydrogen-bond donors (Lipinski definition) is 3. The van der Waals surface area contributed by atoms with Crippen molar-refractivity contribution in [3.05, 3.63) is 70.8 Å². The lowest BCUT2D eigenvalue weighted by Gasteiger charge is -2.11. The summed E-state index contributed by atoms with van der Waals surface area (Å²) in [6, 6.07) is 15.8. The molecule has 0 aliphatic carbocycles. The highest BCUT2D eigenvalue weighted by Crippen LogP contribution is 2.10. The van der Waals surface area contributed by atoms with E-state index in [2.05, 4.69) is 16.0 Å². The number of aryl methyl sites for hydroxylation is 1. The van der Waals surface area contributed by atoms with Crippen molar-refractivity contribution in [2.24, 2.45) is 0 Å². The summed E-state index contributed by atoms with van der Waals surface area (Å²) >= 11 is 0. The average Bonchev–Trinajstić information content (AvgIpc) is 3.19. The van der Waals surface area contributed by atoms with Crippen LogP contribution in [0.2, 0.25) is 0 Å². The lowest BCUT2D eigenvalue weighted by molar-refractivity contribution is -0.121. The first-order chi connectivity index (χ1) is 13.1. The highest BCUT2D eigenvalue weighted by Gasteiger charge is 2.17. The summed E-state index contributed by atoms with van der Waals surface area (Å²) in [5, 5.41) is 9.21. The Morgan fingerprint density at radius 1 is 1.04 bits per heavy atom. The summed E-state index contributed by atoms with van der Waals surface area (Å²) in [6.07, 6.45) is 2.71. The number of carbonyl (C=O) groups excluding carboxylic acids is 2. The second-order valence-electron chi connectivity index (χ2n) is 7.14. The van der Waals surface area contributed by atoms with E-state index < -0.39 is 0 Å². The third-order valence-corrected chi connectivity index (χ3v) is 4.85. The molecule has 1 aliphatic rings. The summed E-state index contributed by atoms with van der Waals surface area (Å²) in [7, 11) is 0. The van der Waals surface area contributed by atoms with Crippen LogP contribution >= 0.6 is 0 Å². The SMILES string of the molecule is Cc1ccc(CNC(=O)c2cccc(CNC(=O)CC3CCCN3)c2)cc1. The molecule has 142 valence electrons. The van der Waals surface area contributed by atoms with E-state index in [9.17, 15) is 9.59 Å². The van der Waals surface area contributed by atoms with E-state index in [1.54, 1.807) is 6.07 Å². The zero-order chi connectivity index (χ0) is 19.1. The molecule has 1 saturated heterocycles. The van der Waals surface area contributed by atoms with Gasteiger partial charge in [-0.25, -0.2) is 0 Å². The monoisotopic (exact) mass is 365 g/mol. The second kappa shape index (κ2) is 9.33. The van der Waals surface area contributed by atoms with Crippen LogP contribution in [0, 0.1) is 6.92 Å². The van der Waals surface area contributed by atoms with Gasteiger partial charge in [0.25, 0.3) is 5.91 Å². The molecule has 3 rings (SSSR count). The lowest BCUT2D eigenvalue weighted by atomic mass is 10.1. The van der Waals surface area contributed by atoms with E-state index >= 15 is 0 Å². The highest BCUT2D eigenvalue weighted by molar-refractivity contribution is 5.94. The maximum atomic E-state index is 12.4. The van der Waals surface area contributed by atoms with Crippen molar-refractivity contribution < 1.29 is 9.59 Å². The molecule has 3 N–H and O–H groups in total. The molecule has 0 aromatic heterocycles. The third kappa shape index (κ3) is 5.93. The third-order valence-electron chi connectivity index (χ3n) is 4.85. The van der Waals surface area contributed by atoms with Crippen molar-refractivity contribution in [3.63, 3.8) is 0 Å². The molecule has 0 bridgehead atoms. The van der Waals surface area contributed by atoms with Crippen LogP contribution < -0.4 is 16.0 Å². The van der Waals surface area contributed by atoms with Crippen molar-refractivity contribution >= 4 is 11.8 Å². The molecule has 1 aliphatic heterocycles. The molecule has 5 heteroatoms. The van der Waals surface area contributed by atoms with E-state index in [0.717, 1.165) is 30.5 Å². The van der Waals surface area contributed by atoms with E-state index in [-0.39, 0.29) is 11.8 Å². The zero-order valence-corrected chi connectivity index (χ0v) is 15.8. The summed E-state index contributed by atoms with van der Waals surface area (Å²) in [4.78, 5) is 24.4. The van der Waals surface area contributed by atoms with Crippen molar-refractivity contribution in [1.82, 2.24) is 16.0 Å². The molecule has 5 nitrogen and oxygen atoms in total. The van der Waals surface area contributed by atoms with Gasteiger partial charge in [0, 0.05) is 31.1 Å². The highest BCUT2D eigenvalue weighted by atomic mass is 16.2. The average molecular weight is 365 g/mol. The van der Waals surface area contributed by atoms with Gasteiger partial charge >= 0.3 is 0 Å². The first-order valence-corrected chi connectivity index (χ1v) is 9.53. The fourth-order valence-corrected chi connectivity index (χ4v) is 3.24. The number of amides is 2. The molecule has 1 unspecified atom stereocenters. The van der Waals surface area contributed by atoms with Gasteiger partial charge in [-0.15, -0.1) is 0 Å². The van der Waals surface area contributed by atoms with Crippen molar-refractivity contribution in [3.8, 4) is 0 Å². The molecule has 27 heavy (non-hydrogen) atoms. The van der Waals surface area contributed by atoms with Gasteiger partial charge in [0.2, 0.25) is 5.91 Å². The minimum atomic E-state index is -0.112. The summed E-state index contributed by atoms with van der Waals surface area (Å²) in [5.41, 5.74) is 3.79. The minimum Gasteiger partial charge on any atom is -0.352 e. The van der Waals surface area contributed by atoms with Gasteiger partial charge in [-0.2, -0.15) is 0 Å². The molecule has 1 atom stereocenters. The molecular weight excluding hydrogens is 338 g/mol. The normalized spacial score (nSPS) is 16.1. The summed E-state index contributed by atoms with van der Waals surface area (Å²) in [5.74, 6) is -0.0671. The topological polar surface area (TPSA) is 70.2 Å². The lowest BCUT2D eigenvalue weighted by Crippen LogP contribution is -2.31. The van der Waals surface area contributed by atoms with Crippen LogP contribution in [-0.2, 0) is 17.9 Å². The molecule has 0 saturated carbocycles. The van der Waals surface area contributed by atoms with Gasteiger partial charge in [-0.1, -0.05) is 42.0 Å². The van der Waals surface area contributed by atoms with E-state index in [4.69, 9.17) is 0 Å². The minimum absolute atomic E-state index is 0.0450. The van der Waals surface area contributed by atoms with Gasteiger partial charge in [0.05, 0.1) is 0 Å². The Hall–Kier alpha value is -2.66. The van der Waals surface area contributed by atoms with Crippen LogP contribution in [0.1, 0.15) is 46.3 Å². The van der Waals surface area contributed by atoms with Gasteiger partial charge in [0.15, 0.2) is 0 Å². The van der Waals surface area contributed by atoms with Crippen LogP contribution in [0.3, 0.4) is 0 Å². The van der Waals surface area contributed by atoms with Gasteiger partial charge < -0.3 is 16.0 Å². The zero-order valence-electron chi connectivity index (χ0n) is 15.8. The Labute approximate surface area is 160 Å². The number of rotatable bonds is 7. The maximum Gasteiger partial charge on any atom is 0.251 e. The van der Waals surface area contributed by atoms with Crippen LogP contribution in [0.5, 0.6) is 0 Å². The molecule has 0 radical (unpaired) electrons. The Morgan fingerprint density at radius 3 is 2.56 bits per heavy atom. The number of nitrogens with one attached hydrogen (secondary N) is 3. The predicted octanol–water partition coefficient (Wildman–Crippen LogP) is 2.68. The smallest absolute Gasteiger partial charge is 0.251 e. The first kappa shape index (κ1) is 19.1. The predicted molar refractivity (Wildman–Crippen MR) is 106 cm³/mol. The Bertz CT molecular complexity index is 780. The fraction of sp³-hybridized carbons (Fsp3) is 0.364. The molecule has 1 heterocycles. The van der Waals surface area contributed by atoms with Crippen molar-refractivity contribution in [2.75, 3.05) is 6.54 Å². The van der Waals surface area contributed by atoms with Gasteiger partial charge in [-0.05, 0) is 49.6 Å². The molecular formula is C22H27N3O2. The quantitative estimate of drug-likeness (QED) is 0.706. The van der Waals surface area contributed by atoms with E-state index in [1.807, 2.05) is 49.4 Å². The Kier molecular flexibility index (Phi) is 6.60. The van der Waals surface area contributed by atoms with E-state index in [0.29, 0.717) is 31.1 Å². The summed E-state index contributed by atoms with van der Waals surface area (Å²) in [6.45, 7) is 3.97. The maximum absolute atomic E-state index is 12.4. The molecule has 1 fully saturated rings. The molecule has 0 spiro atoms. The van der Waals surface area contributed by atoms with Crippen LogP contribution in [-0.4, -0.2) is 24.4 Å². The first-order valence-electron chi connectivity index (χ1n) is 9.53. The van der Waals surface area contributed by atoms with E-state index in [1.165, 1.54) is 5.56 Å². The molecule has 2 aromatic rings. The largest absolute Gasteiger partial charge is 0.352 e. The standard InChI is InChI=1S/C22H27N3O2/c1-16-7-9-17(10-8-16)14-25-22(27)19-5-2-4-18(12-19)15-24-21(26)13-20-6-3-11-23-20/h2,4-5,7-10,12,20,23H,3,6,11,13-15H2,1H3,(H,24,26)(H,25,27). The van der Waals surface area contributed by atoms with Crippen LogP contribution in [0.25, 0.3) is 0 Å². The van der Waals surface area contributed by atoms with Crippen LogP contribution in [0.15, 0.2) is 48.5 Å². The fourth-order valence-electron chi connectivity index (χ4n) is 3.24. The van der Waals surface area contributed by atoms with Gasteiger partial charge in [0.1, 0.15) is 0 Å².